The van der Waals surface area contributed by atoms with Gasteiger partial charge in [-0.25, -0.2) is 0 Å². The molecule has 0 fully saturated rings. The summed E-state index contributed by atoms with van der Waals surface area (Å²) in [4.78, 5) is 0. The van der Waals surface area contributed by atoms with E-state index in [9.17, 15) is 5.11 Å². The average molecular weight is 152 g/mol. The summed E-state index contributed by atoms with van der Waals surface area (Å²) >= 11 is 0. The Kier molecular flexibility index (Phi) is 4.65. The maximum absolute atomic E-state index is 9.69. The monoisotopic (exact) mass is 152 g/mol. The van der Waals surface area contributed by atoms with E-state index in [1.54, 1.807) is 6.08 Å². The fourth-order valence-corrected chi connectivity index (χ4v) is 0.922. The third-order valence-corrected chi connectivity index (χ3v) is 1.75. The standard InChI is InChI=1S/C10H16O/c1-4-7-9-10(11,6-3)8-5-2/h2,6,11H,3-4,7-9H2,1H3. The molecular weight excluding hydrogens is 136 g/mol. The number of aliphatic hydroxyl groups is 1. The van der Waals surface area contributed by atoms with Crippen LogP contribution in [0.25, 0.3) is 0 Å². The van der Waals surface area contributed by atoms with Crippen molar-refractivity contribution in [1.29, 1.82) is 0 Å². The molecule has 0 aliphatic rings. The lowest BCUT2D eigenvalue weighted by Crippen LogP contribution is -2.24. The van der Waals surface area contributed by atoms with Crippen LogP contribution in [0.3, 0.4) is 0 Å². The lowest BCUT2D eigenvalue weighted by molar-refractivity contribution is 0.0848. The van der Waals surface area contributed by atoms with E-state index in [1.807, 2.05) is 0 Å². The van der Waals surface area contributed by atoms with E-state index >= 15 is 0 Å². The topological polar surface area (TPSA) is 20.2 Å². The van der Waals surface area contributed by atoms with Crippen molar-refractivity contribution >= 4 is 0 Å². The summed E-state index contributed by atoms with van der Waals surface area (Å²) in [5.74, 6) is 2.45. The third-order valence-electron chi connectivity index (χ3n) is 1.75. The van der Waals surface area contributed by atoms with Crippen molar-refractivity contribution in [2.75, 3.05) is 0 Å². The Morgan fingerprint density at radius 3 is 2.73 bits per heavy atom. The fourth-order valence-electron chi connectivity index (χ4n) is 0.922. The van der Waals surface area contributed by atoms with Gasteiger partial charge in [0.25, 0.3) is 0 Å². The third kappa shape index (κ3) is 3.85. The van der Waals surface area contributed by atoms with Gasteiger partial charge < -0.3 is 5.11 Å². The van der Waals surface area contributed by atoms with Gasteiger partial charge in [-0.05, 0) is 6.42 Å². The normalized spacial score (nSPS) is 15.0. The number of hydrogen-bond donors (Lipinski definition) is 1. The zero-order chi connectivity index (χ0) is 8.74. The van der Waals surface area contributed by atoms with Crippen LogP contribution < -0.4 is 0 Å². The Hall–Kier alpha value is -0.740. The first-order chi connectivity index (χ1) is 5.18. The molecule has 1 nitrogen and oxygen atoms in total. The molecule has 1 heteroatoms. The van der Waals surface area contributed by atoms with Crippen molar-refractivity contribution in [3.8, 4) is 12.3 Å². The van der Waals surface area contributed by atoms with Crippen molar-refractivity contribution < 1.29 is 5.11 Å². The summed E-state index contributed by atoms with van der Waals surface area (Å²) in [7, 11) is 0. The van der Waals surface area contributed by atoms with Crippen LogP contribution in [0.15, 0.2) is 12.7 Å². The molecular formula is C10H16O. The summed E-state index contributed by atoms with van der Waals surface area (Å²) in [6.07, 6.45) is 9.80. The molecule has 0 aromatic rings. The van der Waals surface area contributed by atoms with Gasteiger partial charge in [-0.3, -0.25) is 0 Å². The van der Waals surface area contributed by atoms with Crippen molar-refractivity contribution in [3.05, 3.63) is 12.7 Å². The first kappa shape index (κ1) is 10.3. The van der Waals surface area contributed by atoms with Crippen molar-refractivity contribution in [1.82, 2.24) is 0 Å². The maximum Gasteiger partial charge on any atom is 0.0933 e. The van der Waals surface area contributed by atoms with E-state index in [4.69, 9.17) is 6.42 Å². The van der Waals surface area contributed by atoms with Crippen molar-refractivity contribution in [3.63, 3.8) is 0 Å². The summed E-state index contributed by atoms with van der Waals surface area (Å²) < 4.78 is 0. The van der Waals surface area contributed by atoms with Crippen LogP contribution in [0.5, 0.6) is 0 Å². The summed E-state index contributed by atoms with van der Waals surface area (Å²) in [5.41, 5.74) is -0.829. The van der Waals surface area contributed by atoms with Gasteiger partial charge in [0.2, 0.25) is 0 Å². The largest absolute Gasteiger partial charge is 0.385 e. The smallest absolute Gasteiger partial charge is 0.0933 e. The fraction of sp³-hybridized carbons (Fsp3) is 0.600. The molecule has 0 rings (SSSR count). The minimum Gasteiger partial charge on any atom is -0.385 e. The van der Waals surface area contributed by atoms with Crippen molar-refractivity contribution in [2.45, 2.75) is 38.2 Å². The zero-order valence-corrected chi connectivity index (χ0v) is 7.14. The molecule has 1 unspecified atom stereocenters. The highest BCUT2D eigenvalue weighted by molar-refractivity contribution is 5.04. The SMILES string of the molecule is C#CCC(O)(C=C)CCCC. The summed E-state index contributed by atoms with van der Waals surface area (Å²) in [6.45, 7) is 5.64. The molecule has 0 aromatic heterocycles. The minimum atomic E-state index is -0.829. The molecule has 0 amide bonds. The van der Waals surface area contributed by atoms with E-state index in [-0.39, 0.29) is 0 Å². The van der Waals surface area contributed by atoms with Crippen LogP contribution in [0.4, 0.5) is 0 Å². The van der Waals surface area contributed by atoms with Crippen LogP contribution in [0.1, 0.15) is 32.6 Å². The molecule has 0 heterocycles. The minimum absolute atomic E-state index is 0.372. The molecule has 0 radical (unpaired) electrons. The van der Waals surface area contributed by atoms with Crippen LogP contribution >= 0.6 is 0 Å². The number of hydrogen-bond acceptors (Lipinski definition) is 1. The quantitative estimate of drug-likeness (QED) is 0.472. The molecule has 62 valence electrons. The van der Waals surface area contributed by atoms with Gasteiger partial charge in [0.05, 0.1) is 5.60 Å². The molecule has 0 aliphatic carbocycles. The molecule has 0 saturated carbocycles. The predicted molar refractivity (Wildman–Crippen MR) is 48.1 cm³/mol. The second kappa shape index (κ2) is 4.98. The van der Waals surface area contributed by atoms with Gasteiger partial charge in [-0.15, -0.1) is 18.9 Å². The highest BCUT2D eigenvalue weighted by Crippen LogP contribution is 2.18. The Labute approximate surface area is 69.1 Å². The molecule has 0 saturated heterocycles. The number of terminal acetylenes is 1. The second-order valence-electron chi connectivity index (χ2n) is 2.79. The first-order valence-electron chi connectivity index (χ1n) is 3.98. The molecule has 1 N–H and O–H groups in total. The predicted octanol–water partition coefficient (Wildman–Crippen LogP) is 2.12. The van der Waals surface area contributed by atoms with E-state index in [1.165, 1.54) is 0 Å². The number of unbranched alkanes of at least 4 members (excludes halogenated alkanes) is 1. The van der Waals surface area contributed by atoms with Crippen LogP contribution in [0.2, 0.25) is 0 Å². The van der Waals surface area contributed by atoms with Crippen LogP contribution in [-0.4, -0.2) is 10.7 Å². The Morgan fingerprint density at radius 2 is 2.36 bits per heavy atom. The lowest BCUT2D eigenvalue weighted by atomic mass is 9.94. The van der Waals surface area contributed by atoms with Crippen molar-refractivity contribution in [2.24, 2.45) is 0 Å². The number of rotatable bonds is 5. The summed E-state index contributed by atoms with van der Waals surface area (Å²) in [6, 6.07) is 0. The maximum atomic E-state index is 9.69. The molecule has 0 aromatic carbocycles. The van der Waals surface area contributed by atoms with Crippen LogP contribution in [-0.2, 0) is 0 Å². The second-order valence-corrected chi connectivity index (χ2v) is 2.79. The van der Waals surface area contributed by atoms with Gasteiger partial charge in [0.1, 0.15) is 0 Å². The molecule has 0 aliphatic heterocycles. The Balaban J connectivity index is 3.90. The Bertz CT molecular complexity index is 155. The van der Waals surface area contributed by atoms with Gasteiger partial charge in [0, 0.05) is 6.42 Å². The van der Waals surface area contributed by atoms with Gasteiger partial charge >= 0.3 is 0 Å². The van der Waals surface area contributed by atoms with E-state index < -0.39 is 5.60 Å². The zero-order valence-electron chi connectivity index (χ0n) is 7.14. The van der Waals surface area contributed by atoms with Gasteiger partial charge in [-0.2, -0.15) is 0 Å². The molecule has 11 heavy (non-hydrogen) atoms. The van der Waals surface area contributed by atoms with E-state index in [0.717, 1.165) is 19.3 Å². The van der Waals surface area contributed by atoms with Gasteiger partial charge in [0.15, 0.2) is 0 Å². The highest BCUT2D eigenvalue weighted by atomic mass is 16.3. The summed E-state index contributed by atoms with van der Waals surface area (Å²) in [5, 5.41) is 9.69. The highest BCUT2D eigenvalue weighted by Gasteiger charge is 2.19. The molecule has 1 atom stereocenters. The van der Waals surface area contributed by atoms with Gasteiger partial charge in [-0.1, -0.05) is 25.8 Å². The molecule has 0 spiro atoms. The van der Waals surface area contributed by atoms with E-state index in [2.05, 4.69) is 19.4 Å². The van der Waals surface area contributed by atoms with Crippen LogP contribution in [0, 0.1) is 12.3 Å². The van der Waals surface area contributed by atoms with E-state index in [0.29, 0.717) is 6.42 Å². The average Bonchev–Trinajstić information content (AvgIpc) is 2.02. The first-order valence-corrected chi connectivity index (χ1v) is 3.98. The Morgan fingerprint density at radius 1 is 1.73 bits per heavy atom. The lowest BCUT2D eigenvalue weighted by Gasteiger charge is -2.20. The molecule has 0 bridgehead atoms.